The second kappa shape index (κ2) is 6.23. The van der Waals surface area contributed by atoms with Gasteiger partial charge in [0.05, 0.1) is 6.42 Å². The molecule has 2 aromatic rings. The highest BCUT2D eigenvalue weighted by Crippen LogP contribution is 2.28. The summed E-state index contributed by atoms with van der Waals surface area (Å²) in [6.07, 6.45) is 2.48. The number of amides is 1. The highest BCUT2D eigenvalue weighted by molar-refractivity contribution is 5.75. The van der Waals surface area contributed by atoms with Crippen molar-refractivity contribution in [3.8, 4) is 5.69 Å². The number of hydrogen-bond donors (Lipinski definition) is 1. The monoisotopic (exact) mass is 304 g/mol. The molecule has 1 aromatic carbocycles. The number of rotatable bonds is 4. The fourth-order valence-electron chi connectivity index (χ4n) is 2.55. The zero-order valence-corrected chi connectivity index (χ0v) is 12.0. The van der Waals surface area contributed by atoms with Gasteiger partial charge < -0.3 is 10.5 Å². The van der Waals surface area contributed by atoms with Gasteiger partial charge in [-0.25, -0.2) is 14.1 Å². The van der Waals surface area contributed by atoms with E-state index in [2.05, 4.69) is 10.1 Å². The largest absolute Gasteiger partial charge is 0.370 e. The fourth-order valence-corrected chi connectivity index (χ4v) is 2.55. The number of benzene rings is 1. The molecule has 2 heterocycles. The lowest BCUT2D eigenvalue weighted by atomic mass is 10.1. The lowest BCUT2D eigenvalue weighted by Crippen LogP contribution is -2.17. The summed E-state index contributed by atoms with van der Waals surface area (Å²) in [6, 6.07) is 6.30. The molecule has 0 saturated carbocycles. The standard InChI is InChI=1S/C15H17FN4O2/c16-10-5-1-2-6-11(10)20-15(12-7-3-4-8-22-12)18-14(19-20)9-13(17)21/h1-2,5-6,12H,3-4,7-9H2,(H2,17,21). The Balaban J connectivity index is 2.04. The number of para-hydroxylation sites is 1. The zero-order valence-electron chi connectivity index (χ0n) is 12.0. The second-order valence-corrected chi connectivity index (χ2v) is 5.25. The van der Waals surface area contributed by atoms with Crippen LogP contribution >= 0.6 is 0 Å². The first-order valence-corrected chi connectivity index (χ1v) is 7.26. The Labute approximate surface area is 127 Å². The molecule has 1 amide bonds. The molecule has 1 aromatic heterocycles. The molecule has 0 radical (unpaired) electrons. The average Bonchev–Trinajstić information content (AvgIpc) is 2.91. The molecule has 1 unspecified atom stereocenters. The summed E-state index contributed by atoms with van der Waals surface area (Å²) in [5.41, 5.74) is 5.48. The molecule has 6 nitrogen and oxygen atoms in total. The minimum absolute atomic E-state index is 0.0822. The van der Waals surface area contributed by atoms with Crippen LogP contribution in [0, 0.1) is 5.82 Å². The molecule has 1 aliphatic heterocycles. The van der Waals surface area contributed by atoms with Crippen molar-refractivity contribution in [1.29, 1.82) is 0 Å². The highest BCUT2D eigenvalue weighted by atomic mass is 19.1. The van der Waals surface area contributed by atoms with Crippen LogP contribution in [0.4, 0.5) is 4.39 Å². The maximum absolute atomic E-state index is 14.1. The molecular weight excluding hydrogens is 287 g/mol. The molecule has 1 aliphatic rings. The summed E-state index contributed by atoms with van der Waals surface area (Å²) in [5.74, 6) is -0.141. The molecular formula is C15H17FN4O2. The minimum atomic E-state index is -0.526. The molecule has 22 heavy (non-hydrogen) atoms. The van der Waals surface area contributed by atoms with E-state index in [0.717, 1.165) is 19.3 Å². The normalized spacial score (nSPS) is 18.3. The van der Waals surface area contributed by atoms with Crippen molar-refractivity contribution in [2.45, 2.75) is 31.8 Å². The Morgan fingerprint density at radius 2 is 2.23 bits per heavy atom. The second-order valence-electron chi connectivity index (χ2n) is 5.25. The summed E-state index contributed by atoms with van der Waals surface area (Å²) in [6.45, 7) is 0.639. The molecule has 116 valence electrons. The van der Waals surface area contributed by atoms with E-state index in [1.807, 2.05) is 0 Å². The van der Waals surface area contributed by atoms with E-state index < -0.39 is 11.7 Å². The first-order valence-electron chi connectivity index (χ1n) is 7.26. The molecule has 0 bridgehead atoms. The van der Waals surface area contributed by atoms with Gasteiger partial charge in [0.25, 0.3) is 0 Å². The SMILES string of the molecule is NC(=O)Cc1nc(C2CCCCO2)n(-c2ccccc2F)n1. The third-order valence-electron chi connectivity index (χ3n) is 3.56. The van der Waals surface area contributed by atoms with Crippen LogP contribution in [0.1, 0.15) is 37.0 Å². The van der Waals surface area contributed by atoms with Crippen LogP contribution < -0.4 is 5.73 Å². The maximum Gasteiger partial charge on any atom is 0.225 e. The zero-order chi connectivity index (χ0) is 15.5. The first kappa shape index (κ1) is 14.6. The average molecular weight is 304 g/mol. The van der Waals surface area contributed by atoms with Crippen LogP contribution in [0.15, 0.2) is 24.3 Å². The van der Waals surface area contributed by atoms with Gasteiger partial charge in [0.1, 0.15) is 17.6 Å². The summed E-state index contributed by atoms with van der Waals surface area (Å²) in [4.78, 5) is 15.4. The van der Waals surface area contributed by atoms with Gasteiger partial charge in [0.2, 0.25) is 5.91 Å². The van der Waals surface area contributed by atoms with Crippen LogP contribution in [-0.2, 0) is 16.0 Å². The number of nitrogens with zero attached hydrogens (tertiary/aromatic N) is 3. The Morgan fingerprint density at radius 3 is 2.91 bits per heavy atom. The number of carbonyl (C=O) groups is 1. The Bertz CT molecular complexity index is 680. The molecule has 0 spiro atoms. The lowest BCUT2D eigenvalue weighted by molar-refractivity contribution is -0.117. The van der Waals surface area contributed by atoms with Gasteiger partial charge >= 0.3 is 0 Å². The number of hydrogen-bond acceptors (Lipinski definition) is 4. The Hall–Kier alpha value is -2.28. The van der Waals surface area contributed by atoms with Crippen molar-refractivity contribution in [2.75, 3.05) is 6.61 Å². The van der Waals surface area contributed by atoms with E-state index in [1.165, 1.54) is 10.7 Å². The predicted molar refractivity (Wildman–Crippen MR) is 76.8 cm³/mol. The van der Waals surface area contributed by atoms with Gasteiger partial charge in [-0.05, 0) is 31.4 Å². The number of ether oxygens (including phenoxy) is 1. The van der Waals surface area contributed by atoms with Crippen molar-refractivity contribution in [1.82, 2.24) is 14.8 Å². The number of aromatic nitrogens is 3. The van der Waals surface area contributed by atoms with Crippen molar-refractivity contribution >= 4 is 5.91 Å². The molecule has 1 atom stereocenters. The van der Waals surface area contributed by atoms with Crippen molar-refractivity contribution in [3.63, 3.8) is 0 Å². The number of primary amides is 1. The van der Waals surface area contributed by atoms with E-state index in [4.69, 9.17) is 10.5 Å². The molecule has 2 N–H and O–H groups in total. The molecule has 3 rings (SSSR count). The molecule has 0 aliphatic carbocycles. The van der Waals surface area contributed by atoms with Gasteiger partial charge in [-0.15, -0.1) is 0 Å². The Kier molecular flexibility index (Phi) is 4.15. The van der Waals surface area contributed by atoms with Crippen molar-refractivity contribution < 1.29 is 13.9 Å². The van der Waals surface area contributed by atoms with E-state index in [1.54, 1.807) is 18.2 Å². The van der Waals surface area contributed by atoms with Crippen LogP contribution in [0.3, 0.4) is 0 Å². The van der Waals surface area contributed by atoms with Crippen LogP contribution in [0.2, 0.25) is 0 Å². The van der Waals surface area contributed by atoms with Crippen molar-refractivity contribution in [3.05, 3.63) is 41.7 Å². The van der Waals surface area contributed by atoms with E-state index in [-0.39, 0.29) is 24.0 Å². The van der Waals surface area contributed by atoms with E-state index in [9.17, 15) is 9.18 Å². The summed E-state index contributed by atoms with van der Waals surface area (Å²) < 4.78 is 21.2. The maximum atomic E-state index is 14.1. The summed E-state index contributed by atoms with van der Waals surface area (Å²) in [7, 11) is 0. The number of nitrogens with two attached hydrogens (primary N) is 1. The lowest BCUT2D eigenvalue weighted by Gasteiger charge is -2.22. The third-order valence-corrected chi connectivity index (χ3v) is 3.56. The first-order chi connectivity index (χ1) is 10.6. The topological polar surface area (TPSA) is 83.0 Å². The predicted octanol–water partition coefficient (Wildman–Crippen LogP) is 1.68. The van der Waals surface area contributed by atoms with Gasteiger partial charge in [0.15, 0.2) is 11.6 Å². The van der Waals surface area contributed by atoms with Crippen LogP contribution in [-0.4, -0.2) is 27.3 Å². The molecule has 1 fully saturated rings. The van der Waals surface area contributed by atoms with Gasteiger partial charge in [-0.3, -0.25) is 4.79 Å². The van der Waals surface area contributed by atoms with Gasteiger partial charge in [0, 0.05) is 6.61 Å². The van der Waals surface area contributed by atoms with Crippen molar-refractivity contribution in [2.24, 2.45) is 5.73 Å². The van der Waals surface area contributed by atoms with Crippen LogP contribution in [0.25, 0.3) is 5.69 Å². The third kappa shape index (κ3) is 2.99. The van der Waals surface area contributed by atoms with Gasteiger partial charge in [-0.2, -0.15) is 5.10 Å². The van der Waals surface area contributed by atoms with Crippen LogP contribution in [0.5, 0.6) is 0 Å². The number of halogens is 1. The Morgan fingerprint density at radius 1 is 1.41 bits per heavy atom. The highest BCUT2D eigenvalue weighted by Gasteiger charge is 2.25. The van der Waals surface area contributed by atoms with Gasteiger partial charge in [-0.1, -0.05) is 12.1 Å². The van der Waals surface area contributed by atoms with E-state index >= 15 is 0 Å². The molecule has 1 saturated heterocycles. The summed E-state index contributed by atoms with van der Waals surface area (Å²) >= 11 is 0. The smallest absolute Gasteiger partial charge is 0.225 e. The minimum Gasteiger partial charge on any atom is -0.370 e. The fraction of sp³-hybridized carbons (Fsp3) is 0.400. The number of carbonyl (C=O) groups excluding carboxylic acids is 1. The quantitative estimate of drug-likeness (QED) is 0.931. The molecule has 7 heteroatoms. The summed E-state index contributed by atoms with van der Waals surface area (Å²) in [5, 5.41) is 4.24. The van der Waals surface area contributed by atoms with E-state index in [0.29, 0.717) is 12.4 Å².